The first-order chi connectivity index (χ1) is 17.0. The second-order valence-corrected chi connectivity index (χ2v) is 9.24. The van der Waals surface area contributed by atoms with Crippen molar-refractivity contribution >= 4 is 63.3 Å². The number of aromatic nitrogens is 2. The summed E-state index contributed by atoms with van der Waals surface area (Å²) >= 11 is 18.7. The molecule has 0 spiro atoms. The van der Waals surface area contributed by atoms with E-state index in [1.165, 1.54) is 25.5 Å². The van der Waals surface area contributed by atoms with Crippen LogP contribution >= 0.6 is 34.8 Å². The van der Waals surface area contributed by atoms with Crippen molar-refractivity contribution in [3.63, 3.8) is 0 Å². The number of hydrogen-bond donors (Lipinski definition) is 0. The van der Waals surface area contributed by atoms with Gasteiger partial charge < -0.3 is 0 Å². The van der Waals surface area contributed by atoms with Crippen LogP contribution in [0.3, 0.4) is 0 Å². The zero-order valence-electron chi connectivity index (χ0n) is 19.3. The minimum Gasteiger partial charge on any atom is -0.295 e. The van der Waals surface area contributed by atoms with E-state index in [1.807, 2.05) is 6.07 Å². The van der Waals surface area contributed by atoms with E-state index in [2.05, 4.69) is 0 Å². The molecular formula is C26H17Cl3N4O3. The molecule has 4 rings (SSSR count). The molecule has 0 aliphatic carbocycles. The molecule has 0 radical (unpaired) electrons. The largest absolute Gasteiger partial charge is 0.295 e. The third-order valence-corrected chi connectivity index (χ3v) is 6.44. The number of aryl methyl sites for hydroxylation is 1. The molecule has 0 unspecified atom stereocenters. The Labute approximate surface area is 221 Å². The van der Waals surface area contributed by atoms with Gasteiger partial charge >= 0.3 is 0 Å². The van der Waals surface area contributed by atoms with Gasteiger partial charge in [0.2, 0.25) is 11.8 Å². The van der Waals surface area contributed by atoms with Crippen LogP contribution in [-0.2, 0) is 16.6 Å². The zero-order valence-corrected chi connectivity index (χ0v) is 21.5. The van der Waals surface area contributed by atoms with Crippen molar-refractivity contribution in [2.45, 2.75) is 13.8 Å². The summed E-state index contributed by atoms with van der Waals surface area (Å²) < 4.78 is 1.20. The normalized spacial score (nSPS) is 10.8. The van der Waals surface area contributed by atoms with E-state index in [0.717, 1.165) is 4.90 Å². The third-order valence-electron chi connectivity index (χ3n) is 5.64. The number of anilines is 1. The van der Waals surface area contributed by atoms with Gasteiger partial charge in [-0.05, 0) is 42.0 Å². The monoisotopic (exact) mass is 538 g/mol. The fourth-order valence-electron chi connectivity index (χ4n) is 4.04. The summed E-state index contributed by atoms with van der Waals surface area (Å²) in [6, 6.07) is 15.4. The highest BCUT2D eigenvalue weighted by Gasteiger charge is 2.28. The van der Waals surface area contributed by atoms with E-state index in [9.17, 15) is 19.6 Å². The number of hydrogen-bond acceptors (Lipinski definition) is 5. The number of halogens is 3. The van der Waals surface area contributed by atoms with E-state index in [1.54, 1.807) is 48.5 Å². The molecule has 0 saturated heterocycles. The molecule has 7 nitrogen and oxygen atoms in total. The fraction of sp³-hybridized carbons (Fsp3) is 0.115. The molecule has 180 valence electrons. The number of pyridine rings is 2. The molecule has 0 aliphatic heterocycles. The van der Waals surface area contributed by atoms with Crippen molar-refractivity contribution in [3.8, 4) is 28.5 Å². The highest BCUT2D eigenvalue weighted by molar-refractivity contribution is 6.36. The van der Waals surface area contributed by atoms with E-state index in [-0.39, 0.29) is 22.3 Å². The summed E-state index contributed by atoms with van der Waals surface area (Å²) in [6.07, 6.45) is 0. The number of carbonyl (C=O) groups excluding carboxylic acids is 2. The molecular weight excluding hydrogens is 523 g/mol. The smallest absolute Gasteiger partial charge is 0.272 e. The predicted octanol–water partition coefficient (Wildman–Crippen LogP) is 6.00. The first kappa shape index (κ1) is 25.4. The van der Waals surface area contributed by atoms with E-state index < -0.39 is 17.4 Å². The Morgan fingerprint density at radius 1 is 0.944 bits per heavy atom. The van der Waals surface area contributed by atoms with Crippen LogP contribution in [0.2, 0.25) is 15.1 Å². The Morgan fingerprint density at radius 2 is 1.56 bits per heavy atom. The molecule has 0 aliphatic rings. The second-order valence-electron chi connectivity index (χ2n) is 7.96. The van der Waals surface area contributed by atoms with Gasteiger partial charge in [-0.3, -0.25) is 19.0 Å². The summed E-state index contributed by atoms with van der Waals surface area (Å²) in [4.78, 5) is 43.7. The summed E-state index contributed by atoms with van der Waals surface area (Å²) in [5, 5.41) is 11.4. The number of imide groups is 1. The van der Waals surface area contributed by atoms with Gasteiger partial charge in [-0.2, -0.15) is 5.26 Å². The molecule has 0 bridgehead atoms. The lowest BCUT2D eigenvalue weighted by Crippen LogP contribution is -2.36. The van der Waals surface area contributed by atoms with Crippen LogP contribution in [0, 0.1) is 11.3 Å². The minimum absolute atomic E-state index is 0.118. The maximum Gasteiger partial charge on any atom is 0.272 e. The molecule has 0 fully saturated rings. The van der Waals surface area contributed by atoms with Gasteiger partial charge in [0, 0.05) is 47.5 Å². The molecule has 2 heterocycles. The first-order valence-corrected chi connectivity index (χ1v) is 11.7. The predicted molar refractivity (Wildman–Crippen MR) is 141 cm³/mol. The van der Waals surface area contributed by atoms with Gasteiger partial charge in [0.05, 0.1) is 16.4 Å². The number of amides is 2. The number of nitrogens with zero attached hydrogens (tertiary/aromatic N) is 4. The third kappa shape index (κ3) is 4.35. The van der Waals surface area contributed by atoms with Crippen molar-refractivity contribution in [1.82, 2.24) is 9.55 Å². The average Bonchev–Trinajstić information content (AvgIpc) is 2.82. The van der Waals surface area contributed by atoms with Gasteiger partial charge in [0.15, 0.2) is 0 Å². The minimum atomic E-state index is -0.701. The molecule has 0 saturated carbocycles. The Kier molecular flexibility index (Phi) is 6.87. The molecule has 2 aromatic heterocycles. The maximum atomic E-state index is 13.1. The van der Waals surface area contributed by atoms with Crippen LogP contribution < -0.4 is 10.5 Å². The topological polar surface area (TPSA) is 96.1 Å². The molecule has 4 aromatic rings. The Hall–Kier alpha value is -3.70. The fourth-order valence-corrected chi connectivity index (χ4v) is 4.66. The lowest BCUT2D eigenvalue weighted by Gasteiger charge is -2.22. The molecule has 36 heavy (non-hydrogen) atoms. The van der Waals surface area contributed by atoms with E-state index >= 15 is 0 Å². The van der Waals surface area contributed by atoms with Crippen molar-refractivity contribution in [2.75, 3.05) is 4.90 Å². The Bertz CT molecular complexity index is 1660. The standard InChI is InChI=1S/C26H17Cl3N4O3/c1-13(34)33(14(2)35)24-20-11-19(15-4-6-16(27)7-5-15)23(18-9-8-17(28)10-22(18)29)31-25(20)32(3)26(36)21(24)12-30/h4-11H,1-3H3. The SMILES string of the molecule is CC(=O)N(C(C)=O)c1c(C#N)c(=O)n(C)c2nc(-c3ccc(Cl)cc3Cl)c(-c3ccc(Cl)cc3)cc12. The molecule has 2 aromatic carbocycles. The molecule has 0 N–H and O–H groups in total. The lowest BCUT2D eigenvalue weighted by atomic mass is 9.97. The van der Waals surface area contributed by atoms with Gasteiger partial charge in [-0.25, -0.2) is 9.88 Å². The summed E-state index contributed by atoms with van der Waals surface area (Å²) in [5.74, 6) is -1.29. The Balaban J connectivity index is 2.25. The van der Waals surface area contributed by atoms with E-state index in [0.29, 0.717) is 37.5 Å². The Morgan fingerprint density at radius 3 is 2.11 bits per heavy atom. The van der Waals surface area contributed by atoms with Crippen molar-refractivity contribution < 1.29 is 9.59 Å². The van der Waals surface area contributed by atoms with Crippen LogP contribution in [-0.4, -0.2) is 21.4 Å². The van der Waals surface area contributed by atoms with Crippen molar-refractivity contribution in [3.05, 3.63) is 79.5 Å². The average molecular weight is 540 g/mol. The highest BCUT2D eigenvalue weighted by Crippen LogP contribution is 2.40. The maximum absolute atomic E-state index is 13.1. The van der Waals surface area contributed by atoms with Crippen molar-refractivity contribution in [2.24, 2.45) is 7.05 Å². The zero-order chi connectivity index (χ0) is 26.3. The second kappa shape index (κ2) is 9.75. The van der Waals surface area contributed by atoms with E-state index in [4.69, 9.17) is 39.8 Å². The first-order valence-electron chi connectivity index (χ1n) is 10.6. The van der Waals surface area contributed by atoms with Gasteiger partial charge in [0.1, 0.15) is 17.3 Å². The number of nitriles is 1. The van der Waals surface area contributed by atoms with Crippen molar-refractivity contribution in [1.29, 1.82) is 5.26 Å². The van der Waals surface area contributed by atoms with Gasteiger partial charge in [-0.1, -0.05) is 46.9 Å². The molecule has 0 atom stereocenters. The van der Waals surface area contributed by atoms with Gasteiger partial charge in [-0.15, -0.1) is 0 Å². The summed E-state index contributed by atoms with van der Waals surface area (Å²) in [5.41, 5.74) is 1.22. The number of rotatable bonds is 3. The summed E-state index contributed by atoms with van der Waals surface area (Å²) in [7, 11) is 1.46. The number of benzene rings is 2. The van der Waals surface area contributed by atoms with Crippen LogP contribution in [0.5, 0.6) is 0 Å². The van der Waals surface area contributed by atoms with Crippen LogP contribution in [0.4, 0.5) is 5.69 Å². The van der Waals surface area contributed by atoms with Crippen LogP contribution in [0.1, 0.15) is 19.4 Å². The van der Waals surface area contributed by atoms with Crippen LogP contribution in [0.25, 0.3) is 33.4 Å². The number of carbonyl (C=O) groups is 2. The quantitative estimate of drug-likeness (QED) is 0.318. The highest BCUT2D eigenvalue weighted by atomic mass is 35.5. The lowest BCUT2D eigenvalue weighted by molar-refractivity contribution is -0.124. The van der Waals surface area contributed by atoms with Crippen LogP contribution in [0.15, 0.2) is 53.3 Å². The van der Waals surface area contributed by atoms with Gasteiger partial charge in [0.25, 0.3) is 5.56 Å². The number of fused-ring (bicyclic) bond motifs is 1. The summed E-state index contributed by atoms with van der Waals surface area (Å²) in [6.45, 7) is 2.36. The molecule has 10 heteroatoms. The molecule has 2 amide bonds.